The molecule has 18 heavy (non-hydrogen) atoms. The molecule has 2 aromatic rings. The van der Waals surface area contributed by atoms with Crippen LogP contribution in [0.2, 0.25) is 0 Å². The fraction of sp³-hybridized carbons (Fsp3) is 0.385. The van der Waals surface area contributed by atoms with Gasteiger partial charge >= 0.3 is 5.97 Å². The van der Waals surface area contributed by atoms with E-state index in [2.05, 4.69) is 10.3 Å². The zero-order chi connectivity index (χ0) is 12.5. The average Bonchev–Trinajstić information content (AvgIpc) is 3.09. The summed E-state index contributed by atoms with van der Waals surface area (Å²) < 4.78 is 2.00. The van der Waals surface area contributed by atoms with Gasteiger partial charge in [0.15, 0.2) is 0 Å². The van der Waals surface area contributed by atoms with Crippen molar-refractivity contribution in [3.63, 3.8) is 0 Å². The summed E-state index contributed by atoms with van der Waals surface area (Å²) >= 11 is 0. The van der Waals surface area contributed by atoms with Gasteiger partial charge in [-0.15, -0.1) is 0 Å². The Labute approximate surface area is 104 Å². The van der Waals surface area contributed by atoms with Crippen molar-refractivity contribution in [2.75, 3.05) is 6.54 Å². The monoisotopic (exact) mass is 245 g/mol. The van der Waals surface area contributed by atoms with E-state index in [4.69, 9.17) is 5.11 Å². The maximum atomic E-state index is 10.9. The van der Waals surface area contributed by atoms with Gasteiger partial charge < -0.3 is 15.0 Å². The molecule has 1 aliphatic carbocycles. The summed E-state index contributed by atoms with van der Waals surface area (Å²) in [6.07, 6.45) is 4.31. The van der Waals surface area contributed by atoms with Crippen LogP contribution in [-0.4, -0.2) is 33.2 Å². The highest BCUT2D eigenvalue weighted by atomic mass is 16.4. The quantitative estimate of drug-likeness (QED) is 0.837. The summed E-state index contributed by atoms with van der Waals surface area (Å²) in [4.78, 5) is 15.2. The van der Waals surface area contributed by atoms with Crippen molar-refractivity contribution in [3.05, 3.63) is 30.1 Å². The van der Waals surface area contributed by atoms with Crippen LogP contribution < -0.4 is 5.32 Å². The Morgan fingerprint density at radius 1 is 1.50 bits per heavy atom. The van der Waals surface area contributed by atoms with E-state index < -0.39 is 5.97 Å². The summed E-state index contributed by atoms with van der Waals surface area (Å²) in [6.45, 7) is 1.71. The molecule has 5 nitrogen and oxygen atoms in total. The highest BCUT2D eigenvalue weighted by Gasteiger charge is 2.19. The molecule has 1 aromatic carbocycles. The highest BCUT2D eigenvalue weighted by molar-refractivity contribution is 5.92. The number of imidazole rings is 1. The van der Waals surface area contributed by atoms with Crippen molar-refractivity contribution in [3.8, 4) is 0 Å². The van der Waals surface area contributed by atoms with Crippen LogP contribution in [-0.2, 0) is 6.54 Å². The largest absolute Gasteiger partial charge is 0.478 e. The molecular weight excluding hydrogens is 230 g/mol. The molecule has 3 rings (SSSR count). The van der Waals surface area contributed by atoms with E-state index in [9.17, 15) is 4.79 Å². The second-order valence-electron chi connectivity index (χ2n) is 4.68. The normalized spacial score (nSPS) is 15.1. The third-order valence-corrected chi connectivity index (χ3v) is 3.23. The topological polar surface area (TPSA) is 67.1 Å². The zero-order valence-electron chi connectivity index (χ0n) is 9.97. The second kappa shape index (κ2) is 4.42. The van der Waals surface area contributed by atoms with Crippen LogP contribution >= 0.6 is 0 Å². The number of nitrogens with zero attached hydrogens (tertiary/aromatic N) is 2. The summed E-state index contributed by atoms with van der Waals surface area (Å²) in [5, 5.41) is 12.4. The molecule has 1 fully saturated rings. The SMILES string of the molecule is O=C(O)c1ccc2ncn(CCNC3CC3)c2c1. The highest BCUT2D eigenvalue weighted by Crippen LogP contribution is 2.19. The predicted molar refractivity (Wildman–Crippen MR) is 67.7 cm³/mol. The van der Waals surface area contributed by atoms with Gasteiger partial charge in [0.2, 0.25) is 0 Å². The lowest BCUT2D eigenvalue weighted by atomic mass is 10.2. The molecule has 1 aliphatic rings. The number of rotatable bonds is 5. The maximum absolute atomic E-state index is 10.9. The first kappa shape index (κ1) is 11.2. The number of carboxylic acid groups (broad SMARTS) is 1. The number of benzene rings is 1. The number of carbonyl (C=O) groups is 1. The van der Waals surface area contributed by atoms with Gasteiger partial charge in [-0.05, 0) is 31.0 Å². The number of fused-ring (bicyclic) bond motifs is 1. The van der Waals surface area contributed by atoms with Gasteiger partial charge in [-0.3, -0.25) is 0 Å². The van der Waals surface area contributed by atoms with Crippen LogP contribution in [0.3, 0.4) is 0 Å². The van der Waals surface area contributed by atoms with Gasteiger partial charge in [0.25, 0.3) is 0 Å². The van der Waals surface area contributed by atoms with Gasteiger partial charge in [-0.2, -0.15) is 0 Å². The van der Waals surface area contributed by atoms with Crippen LogP contribution in [0.4, 0.5) is 0 Å². The number of nitrogens with one attached hydrogen (secondary N) is 1. The zero-order valence-corrected chi connectivity index (χ0v) is 9.97. The number of hydrogen-bond acceptors (Lipinski definition) is 3. The van der Waals surface area contributed by atoms with E-state index in [1.54, 1.807) is 24.5 Å². The third-order valence-electron chi connectivity index (χ3n) is 3.23. The Morgan fingerprint density at radius 2 is 2.33 bits per heavy atom. The third kappa shape index (κ3) is 2.22. The maximum Gasteiger partial charge on any atom is 0.335 e. The van der Waals surface area contributed by atoms with Crippen molar-refractivity contribution in [2.45, 2.75) is 25.4 Å². The van der Waals surface area contributed by atoms with Crippen molar-refractivity contribution in [1.82, 2.24) is 14.9 Å². The van der Waals surface area contributed by atoms with Gasteiger partial charge in [0.05, 0.1) is 22.9 Å². The van der Waals surface area contributed by atoms with Crippen LogP contribution in [0, 0.1) is 0 Å². The first-order valence-electron chi connectivity index (χ1n) is 6.15. The molecule has 0 atom stereocenters. The number of aromatic nitrogens is 2. The molecule has 94 valence electrons. The van der Waals surface area contributed by atoms with Gasteiger partial charge in [-0.25, -0.2) is 9.78 Å². The predicted octanol–water partition coefficient (Wildman–Crippen LogP) is 1.49. The smallest absolute Gasteiger partial charge is 0.335 e. The van der Waals surface area contributed by atoms with Crippen LogP contribution in [0.1, 0.15) is 23.2 Å². The number of carboxylic acids is 1. The fourth-order valence-corrected chi connectivity index (χ4v) is 2.04. The van der Waals surface area contributed by atoms with E-state index in [-0.39, 0.29) is 0 Å². The first-order valence-corrected chi connectivity index (χ1v) is 6.15. The summed E-state index contributed by atoms with van der Waals surface area (Å²) in [5.41, 5.74) is 2.03. The van der Waals surface area contributed by atoms with E-state index in [1.807, 2.05) is 4.57 Å². The van der Waals surface area contributed by atoms with E-state index in [0.29, 0.717) is 11.6 Å². The minimum atomic E-state index is -0.902. The number of hydrogen-bond donors (Lipinski definition) is 2. The fourth-order valence-electron chi connectivity index (χ4n) is 2.04. The second-order valence-corrected chi connectivity index (χ2v) is 4.68. The lowest BCUT2D eigenvalue weighted by Gasteiger charge is -2.05. The molecule has 5 heteroatoms. The van der Waals surface area contributed by atoms with Crippen LogP contribution in [0.25, 0.3) is 11.0 Å². The lowest BCUT2D eigenvalue weighted by Crippen LogP contribution is -2.21. The summed E-state index contributed by atoms with van der Waals surface area (Å²) in [5.74, 6) is -0.902. The summed E-state index contributed by atoms with van der Waals surface area (Å²) in [7, 11) is 0. The molecule has 0 spiro atoms. The van der Waals surface area contributed by atoms with Gasteiger partial charge in [-0.1, -0.05) is 0 Å². The molecule has 0 saturated heterocycles. The summed E-state index contributed by atoms with van der Waals surface area (Å²) in [6, 6.07) is 5.71. The Morgan fingerprint density at radius 3 is 3.06 bits per heavy atom. The Hall–Kier alpha value is -1.88. The van der Waals surface area contributed by atoms with Crippen LogP contribution in [0.5, 0.6) is 0 Å². The molecule has 1 aromatic heterocycles. The molecule has 1 heterocycles. The minimum Gasteiger partial charge on any atom is -0.478 e. The molecule has 0 bridgehead atoms. The molecular formula is C13H15N3O2. The number of aromatic carboxylic acids is 1. The molecule has 0 aliphatic heterocycles. The van der Waals surface area contributed by atoms with E-state index in [0.717, 1.165) is 24.1 Å². The molecule has 2 N–H and O–H groups in total. The van der Waals surface area contributed by atoms with Crippen molar-refractivity contribution >= 4 is 17.0 Å². The van der Waals surface area contributed by atoms with Crippen molar-refractivity contribution in [1.29, 1.82) is 0 Å². The van der Waals surface area contributed by atoms with E-state index >= 15 is 0 Å². The average molecular weight is 245 g/mol. The molecule has 0 radical (unpaired) electrons. The van der Waals surface area contributed by atoms with Crippen LogP contribution in [0.15, 0.2) is 24.5 Å². The van der Waals surface area contributed by atoms with Gasteiger partial charge in [0.1, 0.15) is 0 Å². The minimum absolute atomic E-state index is 0.305. The van der Waals surface area contributed by atoms with Crippen molar-refractivity contribution in [2.24, 2.45) is 0 Å². The van der Waals surface area contributed by atoms with E-state index in [1.165, 1.54) is 12.8 Å². The molecule has 0 amide bonds. The Kier molecular flexibility index (Phi) is 2.76. The lowest BCUT2D eigenvalue weighted by molar-refractivity contribution is 0.0697. The Bertz CT molecular complexity index is 587. The standard InChI is InChI=1S/C13H15N3O2/c17-13(18)9-1-4-11-12(7-9)16(8-15-11)6-5-14-10-2-3-10/h1,4,7-8,10,14H,2-3,5-6H2,(H,17,18). The van der Waals surface area contributed by atoms with Crippen molar-refractivity contribution < 1.29 is 9.90 Å². The molecule has 0 unspecified atom stereocenters. The first-order chi connectivity index (χ1) is 8.74. The van der Waals surface area contributed by atoms with Gasteiger partial charge in [0, 0.05) is 19.1 Å². The Balaban J connectivity index is 1.81. The molecule has 1 saturated carbocycles.